The highest BCUT2D eigenvalue weighted by atomic mass is 16.5. The number of nitrogens with zero attached hydrogens (tertiary/aromatic N) is 4. The van der Waals surface area contributed by atoms with Gasteiger partial charge in [-0.2, -0.15) is 0 Å². The van der Waals surface area contributed by atoms with Crippen molar-refractivity contribution in [1.29, 1.82) is 0 Å². The Morgan fingerprint density at radius 1 is 1.23 bits per heavy atom. The monoisotopic (exact) mass is 352 g/mol. The van der Waals surface area contributed by atoms with Gasteiger partial charge in [-0.05, 0) is 38.2 Å². The summed E-state index contributed by atoms with van der Waals surface area (Å²) in [6.07, 6.45) is 12.1. The van der Waals surface area contributed by atoms with E-state index in [0.717, 1.165) is 63.4 Å². The molecule has 0 N–H and O–H groups in total. The van der Waals surface area contributed by atoms with Crippen LogP contribution >= 0.6 is 0 Å². The third-order valence-electron chi connectivity index (χ3n) is 5.36. The van der Waals surface area contributed by atoms with E-state index in [4.69, 9.17) is 9.72 Å². The van der Waals surface area contributed by atoms with E-state index in [-0.39, 0.29) is 0 Å². The summed E-state index contributed by atoms with van der Waals surface area (Å²) in [5.41, 5.74) is 3.68. The quantitative estimate of drug-likeness (QED) is 0.793. The molecule has 0 amide bonds. The molecule has 1 aliphatic carbocycles. The smallest absolute Gasteiger partial charge is 0.218 e. The van der Waals surface area contributed by atoms with Gasteiger partial charge in [0, 0.05) is 61.7 Å². The van der Waals surface area contributed by atoms with E-state index in [2.05, 4.69) is 27.9 Å². The Labute approximate surface area is 155 Å². The number of ether oxygens (including phenoxy) is 1. The second kappa shape index (κ2) is 8.12. The van der Waals surface area contributed by atoms with Crippen LogP contribution in [0.25, 0.3) is 0 Å². The normalized spacial score (nSPS) is 18.0. The van der Waals surface area contributed by atoms with E-state index < -0.39 is 0 Å². The highest BCUT2D eigenvalue weighted by Crippen LogP contribution is 2.27. The minimum absolute atomic E-state index is 0.344. The molecule has 0 saturated heterocycles. The van der Waals surface area contributed by atoms with Crippen LogP contribution in [0.1, 0.15) is 61.7 Å². The van der Waals surface area contributed by atoms with Gasteiger partial charge in [0.15, 0.2) is 0 Å². The zero-order valence-corrected chi connectivity index (χ0v) is 15.7. The average molecular weight is 352 g/mol. The minimum Gasteiger partial charge on any atom is -0.474 e. The van der Waals surface area contributed by atoms with E-state index in [9.17, 15) is 0 Å². The molecule has 0 radical (unpaired) electrons. The molecule has 1 fully saturated rings. The molecule has 1 aliphatic heterocycles. The van der Waals surface area contributed by atoms with Crippen LogP contribution in [0.5, 0.6) is 5.88 Å². The largest absolute Gasteiger partial charge is 0.474 e. The first kappa shape index (κ1) is 17.4. The molecule has 0 atom stereocenters. The van der Waals surface area contributed by atoms with Gasteiger partial charge in [-0.25, -0.2) is 15.0 Å². The van der Waals surface area contributed by atoms with Gasteiger partial charge in [-0.1, -0.05) is 13.0 Å². The molecule has 0 unspecified atom stereocenters. The number of hydrogen-bond acceptors (Lipinski definition) is 5. The van der Waals surface area contributed by atoms with Crippen molar-refractivity contribution in [3.05, 3.63) is 47.2 Å². The lowest BCUT2D eigenvalue weighted by Gasteiger charge is -2.28. The second-order valence-electron chi connectivity index (χ2n) is 7.46. The molecular weight excluding hydrogens is 324 g/mol. The molecule has 5 heteroatoms. The maximum Gasteiger partial charge on any atom is 0.218 e. The SMILES string of the molecule is CCCc1ncc2c(n1)CCN(Cc1cccnc1OC1CCCC1)C2. The summed E-state index contributed by atoms with van der Waals surface area (Å²) >= 11 is 0. The molecule has 0 aromatic carbocycles. The van der Waals surface area contributed by atoms with Gasteiger partial charge in [0.25, 0.3) is 0 Å². The van der Waals surface area contributed by atoms with Gasteiger partial charge >= 0.3 is 0 Å². The van der Waals surface area contributed by atoms with Crippen molar-refractivity contribution in [2.24, 2.45) is 0 Å². The zero-order valence-electron chi connectivity index (χ0n) is 15.7. The Hall–Kier alpha value is -2.01. The van der Waals surface area contributed by atoms with Crippen molar-refractivity contribution >= 4 is 0 Å². The van der Waals surface area contributed by atoms with Crippen LogP contribution in [0.4, 0.5) is 0 Å². The highest BCUT2D eigenvalue weighted by molar-refractivity contribution is 5.27. The number of pyridine rings is 1. The molecule has 5 nitrogen and oxygen atoms in total. The van der Waals surface area contributed by atoms with Crippen LogP contribution < -0.4 is 4.74 Å². The molecule has 138 valence electrons. The van der Waals surface area contributed by atoms with E-state index in [0.29, 0.717) is 6.10 Å². The van der Waals surface area contributed by atoms with Crippen molar-refractivity contribution in [1.82, 2.24) is 19.9 Å². The summed E-state index contributed by atoms with van der Waals surface area (Å²) in [4.78, 5) is 16.2. The van der Waals surface area contributed by atoms with E-state index in [1.807, 2.05) is 18.5 Å². The standard InChI is InChI=1S/C21H28N4O/c1-2-6-20-23-13-17-15-25(12-10-19(17)24-20)14-16-7-5-11-22-21(16)26-18-8-3-4-9-18/h5,7,11,13,18H,2-4,6,8-10,12,14-15H2,1H3. The average Bonchev–Trinajstić information content (AvgIpc) is 3.17. The maximum absolute atomic E-state index is 6.20. The zero-order chi connectivity index (χ0) is 17.8. The van der Waals surface area contributed by atoms with Crippen molar-refractivity contribution in [3.8, 4) is 5.88 Å². The third kappa shape index (κ3) is 4.04. The van der Waals surface area contributed by atoms with Crippen molar-refractivity contribution in [2.45, 2.75) is 71.1 Å². The number of hydrogen-bond donors (Lipinski definition) is 0. The van der Waals surface area contributed by atoms with Gasteiger partial charge in [0.05, 0.1) is 0 Å². The van der Waals surface area contributed by atoms with Crippen LogP contribution in [0.15, 0.2) is 24.5 Å². The molecular formula is C21H28N4O. The summed E-state index contributed by atoms with van der Waals surface area (Å²) in [7, 11) is 0. The van der Waals surface area contributed by atoms with Gasteiger partial charge in [0.2, 0.25) is 5.88 Å². The molecule has 2 aromatic rings. The van der Waals surface area contributed by atoms with E-state index in [1.54, 1.807) is 0 Å². The van der Waals surface area contributed by atoms with Crippen molar-refractivity contribution in [3.63, 3.8) is 0 Å². The summed E-state index contributed by atoms with van der Waals surface area (Å²) in [5, 5.41) is 0. The predicted molar refractivity (Wildman–Crippen MR) is 101 cm³/mol. The topological polar surface area (TPSA) is 51.1 Å². The Morgan fingerprint density at radius 3 is 2.96 bits per heavy atom. The predicted octanol–water partition coefficient (Wildman–Crippen LogP) is 3.70. The van der Waals surface area contributed by atoms with E-state index in [1.165, 1.54) is 29.7 Å². The summed E-state index contributed by atoms with van der Waals surface area (Å²) < 4.78 is 6.20. The van der Waals surface area contributed by atoms with Crippen LogP contribution in [-0.2, 0) is 25.9 Å². The lowest BCUT2D eigenvalue weighted by Crippen LogP contribution is -2.31. The molecule has 3 heterocycles. The Balaban J connectivity index is 1.43. The lowest BCUT2D eigenvalue weighted by molar-refractivity contribution is 0.190. The van der Waals surface area contributed by atoms with Gasteiger partial charge in [0.1, 0.15) is 11.9 Å². The fourth-order valence-corrected chi connectivity index (χ4v) is 3.95. The summed E-state index contributed by atoms with van der Waals surface area (Å²) in [6.45, 7) is 4.96. The Kier molecular flexibility index (Phi) is 5.44. The van der Waals surface area contributed by atoms with E-state index >= 15 is 0 Å². The first-order valence-corrected chi connectivity index (χ1v) is 9.98. The molecule has 26 heavy (non-hydrogen) atoms. The fraction of sp³-hybridized carbons (Fsp3) is 0.571. The van der Waals surface area contributed by atoms with Gasteiger partial charge in [-0.15, -0.1) is 0 Å². The van der Waals surface area contributed by atoms with Crippen molar-refractivity contribution in [2.75, 3.05) is 6.54 Å². The molecule has 0 spiro atoms. The minimum atomic E-state index is 0.344. The van der Waals surface area contributed by atoms with Crippen LogP contribution in [0.3, 0.4) is 0 Å². The molecule has 2 aliphatic rings. The Bertz CT molecular complexity index is 743. The molecule has 0 bridgehead atoms. The fourth-order valence-electron chi connectivity index (χ4n) is 3.95. The first-order valence-electron chi connectivity index (χ1n) is 9.98. The number of rotatable bonds is 6. The number of fused-ring (bicyclic) bond motifs is 1. The van der Waals surface area contributed by atoms with Gasteiger partial charge < -0.3 is 4.74 Å². The van der Waals surface area contributed by atoms with Crippen LogP contribution in [0, 0.1) is 0 Å². The Morgan fingerprint density at radius 2 is 2.12 bits per heavy atom. The van der Waals surface area contributed by atoms with Crippen molar-refractivity contribution < 1.29 is 4.74 Å². The second-order valence-corrected chi connectivity index (χ2v) is 7.46. The molecule has 2 aromatic heterocycles. The summed E-state index contributed by atoms with van der Waals surface area (Å²) in [5.74, 6) is 1.80. The van der Waals surface area contributed by atoms with Gasteiger partial charge in [-0.3, -0.25) is 4.90 Å². The summed E-state index contributed by atoms with van der Waals surface area (Å²) in [6, 6.07) is 4.16. The maximum atomic E-state index is 6.20. The highest BCUT2D eigenvalue weighted by Gasteiger charge is 2.22. The lowest BCUT2D eigenvalue weighted by atomic mass is 10.1. The third-order valence-corrected chi connectivity index (χ3v) is 5.36. The van der Waals surface area contributed by atoms with Crippen LogP contribution in [0.2, 0.25) is 0 Å². The van der Waals surface area contributed by atoms with Crippen LogP contribution in [-0.4, -0.2) is 32.5 Å². The number of aromatic nitrogens is 3. The first-order chi connectivity index (χ1) is 12.8. The molecule has 1 saturated carbocycles. The molecule has 4 rings (SSSR count). The number of aryl methyl sites for hydroxylation is 1.